The number of aliphatic carboxylic acids is 1. The highest BCUT2D eigenvalue weighted by Gasteiger charge is 2.38. The summed E-state index contributed by atoms with van der Waals surface area (Å²) < 4.78 is 0. The summed E-state index contributed by atoms with van der Waals surface area (Å²) in [6.07, 6.45) is 15.3. The van der Waals surface area contributed by atoms with Crippen LogP contribution < -0.4 is 0 Å². The highest BCUT2D eigenvalue weighted by Crippen LogP contribution is 2.33. The maximum Gasteiger partial charge on any atom is 0.364 e. The molecular weight excluding hydrogens is 344 g/mol. The molecule has 0 aromatic carbocycles. The number of allylic oxidation sites excluding steroid dienone is 4. The standard InChI is InChI=1S/C22H36O5/c1-4-5-6-9-16(2)12-14-19-18(13-15-20(19)23)11-8-7-10-17(3)22(26,27)21(24)25/h7-8,12,14,16-19,26-27H,4-6,9-11,13,15H2,1-3H3,(H,24,25)/b8-7-,14-12+/t16?,17-,18-,19+/m0/s1. The Bertz CT molecular complexity index is 535. The Morgan fingerprint density at radius 2 is 1.96 bits per heavy atom. The monoisotopic (exact) mass is 380 g/mol. The molecule has 1 aliphatic rings. The molecule has 27 heavy (non-hydrogen) atoms. The molecule has 0 spiro atoms. The summed E-state index contributed by atoms with van der Waals surface area (Å²) in [6.45, 7) is 5.88. The second-order valence-corrected chi connectivity index (χ2v) is 8.02. The Kier molecular flexibility index (Phi) is 9.95. The molecule has 1 unspecified atom stereocenters. The van der Waals surface area contributed by atoms with Crippen LogP contribution in [0.2, 0.25) is 0 Å². The van der Waals surface area contributed by atoms with Crippen LogP contribution in [-0.4, -0.2) is 32.9 Å². The third kappa shape index (κ3) is 7.59. The lowest BCUT2D eigenvalue weighted by atomic mass is 9.89. The number of hydrogen-bond acceptors (Lipinski definition) is 4. The molecule has 0 saturated heterocycles. The SMILES string of the molecule is CCCCCC(C)/C=C/[C@H]1C(=O)CC[C@@H]1C/C=C\C[C@H](C)C(O)(O)C(=O)O. The quantitative estimate of drug-likeness (QED) is 0.269. The largest absolute Gasteiger partial charge is 0.477 e. The highest BCUT2D eigenvalue weighted by atomic mass is 16.5. The van der Waals surface area contributed by atoms with Crippen LogP contribution in [0.4, 0.5) is 0 Å². The lowest BCUT2D eigenvalue weighted by Crippen LogP contribution is -2.44. The number of carbonyl (C=O) groups excluding carboxylic acids is 1. The molecule has 5 heteroatoms. The first-order valence-corrected chi connectivity index (χ1v) is 10.2. The third-order valence-corrected chi connectivity index (χ3v) is 5.65. The zero-order valence-corrected chi connectivity index (χ0v) is 16.9. The fraction of sp³-hybridized carbons (Fsp3) is 0.727. The molecule has 0 aromatic heterocycles. The lowest BCUT2D eigenvalue weighted by molar-refractivity contribution is -0.219. The van der Waals surface area contributed by atoms with E-state index in [-0.39, 0.29) is 18.3 Å². The van der Waals surface area contributed by atoms with E-state index < -0.39 is 17.7 Å². The van der Waals surface area contributed by atoms with Crippen molar-refractivity contribution >= 4 is 11.8 Å². The fourth-order valence-corrected chi connectivity index (χ4v) is 3.53. The van der Waals surface area contributed by atoms with Gasteiger partial charge >= 0.3 is 5.97 Å². The van der Waals surface area contributed by atoms with Crippen molar-refractivity contribution < 1.29 is 24.9 Å². The van der Waals surface area contributed by atoms with Crippen molar-refractivity contribution in [3.05, 3.63) is 24.3 Å². The molecular formula is C22H36O5. The number of carboxylic acid groups (broad SMARTS) is 1. The second-order valence-electron chi connectivity index (χ2n) is 8.02. The van der Waals surface area contributed by atoms with Crippen LogP contribution in [0, 0.1) is 23.7 Å². The Hall–Kier alpha value is -1.46. The molecule has 1 fully saturated rings. The van der Waals surface area contributed by atoms with E-state index in [1.165, 1.54) is 26.2 Å². The molecule has 0 amide bonds. The third-order valence-electron chi connectivity index (χ3n) is 5.65. The van der Waals surface area contributed by atoms with E-state index in [2.05, 4.69) is 26.0 Å². The molecule has 0 radical (unpaired) electrons. The van der Waals surface area contributed by atoms with Crippen molar-refractivity contribution in [2.75, 3.05) is 0 Å². The molecule has 5 nitrogen and oxygen atoms in total. The molecule has 4 atom stereocenters. The van der Waals surface area contributed by atoms with Crippen LogP contribution in [0.1, 0.15) is 72.1 Å². The van der Waals surface area contributed by atoms with E-state index in [1.54, 1.807) is 6.08 Å². The molecule has 1 saturated carbocycles. The van der Waals surface area contributed by atoms with E-state index in [9.17, 15) is 19.8 Å². The van der Waals surface area contributed by atoms with Crippen LogP contribution in [0.15, 0.2) is 24.3 Å². The molecule has 0 heterocycles. The first-order chi connectivity index (χ1) is 12.7. The molecule has 0 aliphatic heterocycles. The molecule has 0 aromatic rings. The Balaban J connectivity index is 2.51. The Morgan fingerprint density at radius 3 is 2.59 bits per heavy atom. The predicted molar refractivity (Wildman–Crippen MR) is 106 cm³/mol. The molecule has 154 valence electrons. The first-order valence-electron chi connectivity index (χ1n) is 10.2. The maximum atomic E-state index is 12.2. The van der Waals surface area contributed by atoms with Crippen molar-refractivity contribution in [2.45, 2.75) is 77.9 Å². The number of carbonyl (C=O) groups is 2. The molecule has 3 N–H and O–H groups in total. The summed E-state index contributed by atoms with van der Waals surface area (Å²) >= 11 is 0. The highest BCUT2D eigenvalue weighted by molar-refractivity contribution is 5.85. The minimum atomic E-state index is -2.72. The van der Waals surface area contributed by atoms with Gasteiger partial charge in [-0.15, -0.1) is 0 Å². The van der Waals surface area contributed by atoms with Gasteiger partial charge in [-0.3, -0.25) is 4.79 Å². The number of carboxylic acids is 1. The average molecular weight is 381 g/mol. The zero-order valence-electron chi connectivity index (χ0n) is 16.9. The lowest BCUT2D eigenvalue weighted by Gasteiger charge is -2.22. The second kappa shape index (κ2) is 11.4. The zero-order chi connectivity index (χ0) is 20.4. The van der Waals surface area contributed by atoms with Gasteiger partial charge in [0.25, 0.3) is 5.79 Å². The normalized spacial score (nSPS) is 23.4. The van der Waals surface area contributed by atoms with Gasteiger partial charge < -0.3 is 15.3 Å². The minimum absolute atomic E-state index is 0.0329. The average Bonchev–Trinajstić information content (AvgIpc) is 2.96. The summed E-state index contributed by atoms with van der Waals surface area (Å²) in [6, 6.07) is 0. The summed E-state index contributed by atoms with van der Waals surface area (Å²) in [5.74, 6) is -4.13. The van der Waals surface area contributed by atoms with Gasteiger partial charge in [0, 0.05) is 18.3 Å². The van der Waals surface area contributed by atoms with Crippen LogP contribution in [0.3, 0.4) is 0 Å². The van der Waals surface area contributed by atoms with E-state index in [0.717, 1.165) is 19.3 Å². The summed E-state index contributed by atoms with van der Waals surface area (Å²) in [4.78, 5) is 23.0. The maximum absolute atomic E-state index is 12.2. The van der Waals surface area contributed by atoms with Crippen molar-refractivity contribution in [1.29, 1.82) is 0 Å². The van der Waals surface area contributed by atoms with E-state index in [0.29, 0.717) is 18.1 Å². The van der Waals surface area contributed by atoms with Gasteiger partial charge in [-0.05, 0) is 37.5 Å². The summed E-state index contributed by atoms with van der Waals surface area (Å²) in [5.41, 5.74) is 0. The van der Waals surface area contributed by atoms with Gasteiger partial charge in [-0.1, -0.05) is 64.3 Å². The van der Waals surface area contributed by atoms with Gasteiger partial charge in [0.15, 0.2) is 0 Å². The number of unbranched alkanes of at least 4 members (excludes halogenated alkanes) is 2. The molecule has 1 rings (SSSR count). The van der Waals surface area contributed by atoms with E-state index in [4.69, 9.17) is 5.11 Å². The van der Waals surface area contributed by atoms with Gasteiger partial charge in [0.2, 0.25) is 0 Å². The van der Waals surface area contributed by atoms with E-state index >= 15 is 0 Å². The van der Waals surface area contributed by atoms with Crippen molar-refractivity contribution in [2.24, 2.45) is 23.7 Å². The number of ketones is 1. The van der Waals surface area contributed by atoms with Gasteiger partial charge in [0.1, 0.15) is 5.78 Å². The first kappa shape index (κ1) is 23.6. The summed E-state index contributed by atoms with van der Waals surface area (Å²) in [7, 11) is 0. The Labute approximate surface area is 163 Å². The van der Waals surface area contributed by atoms with Crippen molar-refractivity contribution in [1.82, 2.24) is 0 Å². The van der Waals surface area contributed by atoms with Gasteiger partial charge in [-0.25, -0.2) is 4.79 Å². The topological polar surface area (TPSA) is 94.8 Å². The van der Waals surface area contributed by atoms with Crippen LogP contribution in [0.25, 0.3) is 0 Å². The van der Waals surface area contributed by atoms with Crippen LogP contribution in [0.5, 0.6) is 0 Å². The molecule has 0 bridgehead atoms. The van der Waals surface area contributed by atoms with Gasteiger partial charge in [-0.2, -0.15) is 0 Å². The number of hydrogen-bond donors (Lipinski definition) is 3. The smallest absolute Gasteiger partial charge is 0.364 e. The van der Waals surface area contributed by atoms with Crippen molar-refractivity contribution in [3.63, 3.8) is 0 Å². The van der Waals surface area contributed by atoms with Crippen LogP contribution in [-0.2, 0) is 9.59 Å². The number of aliphatic hydroxyl groups is 2. The van der Waals surface area contributed by atoms with Crippen LogP contribution >= 0.6 is 0 Å². The molecule has 1 aliphatic carbocycles. The van der Waals surface area contributed by atoms with Gasteiger partial charge in [0.05, 0.1) is 0 Å². The van der Waals surface area contributed by atoms with Crippen molar-refractivity contribution in [3.8, 4) is 0 Å². The minimum Gasteiger partial charge on any atom is -0.477 e. The predicted octanol–water partition coefficient (Wildman–Crippen LogP) is 4.09. The number of Topliss-reactive ketones (excluding diaryl/α,β-unsaturated/α-hetero) is 1. The summed E-state index contributed by atoms with van der Waals surface area (Å²) in [5, 5.41) is 27.8. The Morgan fingerprint density at radius 1 is 1.26 bits per heavy atom. The fourth-order valence-electron chi connectivity index (χ4n) is 3.53. The number of rotatable bonds is 12. The van der Waals surface area contributed by atoms with E-state index in [1.807, 2.05) is 6.08 Å².